The fourth-order valence-electron chi connectivity index (χ4n) is 2.16. The number of nitrogens with two attached hydrogens (primary N) is 4. The lowest BCUT2D eigenvalue weighted by Crippen LogP contribution is -2.04. The number of hydrogen-bond acceptors (Lipinski definition) is 5. The molecule has 2 rings (SSSR count). The van der Waals surface area contributed by atoms with Crippen LogP contribution in [0.15, 0.2) is 30.3 Å². The minimum absolute atomic E-state index is 0.00331. The molecule has 5 heteroatoms. The van der Waals surface area contributed by atoms with E-state index in [0.29, 0.717) is 29.2 Å². The topological polar surface area (TPSA) is 124 Å². The zero-order chi connectivity index (χ0) is 14.0. The second-order valence-corrected chi connectivity index (χ2v) is 4.46. The van der Waals surface area contributed by atoms with Crippen LogP contribution in [0.5, 0.6) is 0 Å². The average molecular weight is 258 g/mol. The van der Waals surface area contributed by atoms with E-state index in [9.17, 15) is 0 Å². The van der Waals surface area contributed by atoms with Gasteiger partial charge in [-0.05, 0) is 47.9 Å². The van der Waals surface area contributed by atoms with Crippen molar-refractivity contribution in [3.63, 3.8) is 0 Å². The molecule has 0 amide bonds. The van der Waals surface area contributed by atoms with Crippen molar-refractivity contribution >= 4 is 22.7 Å². The zero-order valence-corrected chi connectivity index (χ0v) is 10.6. The highest BCUT2D eigenvalue weighted by Crippen LogP contribution is 2.35. The van der Waals surface area contributed by atoms with E-state index in [4.69, 9.17) is 28.0 Å². The molecular formula is C14H18N4O. The zero-order valence-electron chi connectivity index (χ0n) is 10.6. The summed E-state index contributed by atoms with van der Waals surface area (Å²) in [7, 11) is 0. The average Bonchev–Trinajstić information content (AvgIpc) is 2.35. The van der Waals surface area contributed by atoms with Crippen LogP contribution in [0.4, 0.5) is 22.7 Å². The summed E-state index contributed by atoms with van der Waals surface area (Å²) in [6.45, 7) is 0.00331. The summed E-state index contributed by atoms with van der Waals surface area (Å²) in [5, 5.41) is 9.17. The van der Waals surface area contributed by atoms with Crippen LogP contribution < -0.4 is 22.9 Å². The van der Waals surface area contributed by atoms with Gasteiger partial charge in [-0.2, -0.15) is 0 Å². The minimum atomic E-state index is 0.00331. The van der Waals surface area contributed by atoms with Crippen LogP contribution in [0.1, 0.15) is 5.56 Å². The van der Waals surface area contributed by atoms with Crippen molar-refractivity contribution in [2.24, 2.45) is 0 Å². The van der Waals surface area contributed by atoms with Crippen LogP contribution in [0, 0.1) is 0 Å². The van der Waals surface area contributed by atoms with Gasteiger partial charge < -0.3 is 28.0 Å². The third kappa shape index (κ3) is 2.56. The predicted molar refractivity (Wildman–Crippen MR) is 80.3 cm³/mol. The van der Waals surface area contributed by atoms with Gasteiger partial charge in [0.05, 0.1) is 0 Å². The van der Waals surface area contributed by atoms with E-state index < -0.39 is 0 Å². The maximum atomic E-state index is 9.17. The minimum Gasteiger partial charge on any atom is -0.399 e. The van der Waals surface area contributed by atoms with E-state index in [-0.39, 0.29) is 6.61 Å². The molecule has 0 radical (unpaired) electrons. The Morgan fingerprint density at radius 2 is 1.47 bits per heavy atom. The molecule has 0 bridgehead atoms. The number of nitrogen functional groups attached to an aromatic ring is 4. The molecule has 2 aromatic rings. The summed E-state index contributed by atoms with van der Waals surface area (Å²) >= 11 is 0. The highest BCUT2D eigenvalue weighted by atomic mass is 16.2. The van der Waals surface area contributed by atoms with Crippen molar-refractivity contribution in [1.82, 2.24) is 0 Å². The van der Waals surface area contributed by atoms with Gasteiger partial charge in [0.15, 0.2) is 0 Å². The second kappa shape index (κ2) is 5.07. The Kier molecular flexibility index (Phi) is 3.48. The number of benzene rings is 2. The first-order valence-electron chi connectivity index (χ1n) is 5.97. The van der Waals surface area contributed by atoms with Gasteiger partial charge >= 0.3 is 0 Å². The molecular weight excluding hydrogens is 240 g/mol. The highest BCUT2D eigenvalue weighted by molar-refractivity contribution is 5.85. The maximum absolute atomic E-state index is 9.17. The summed E-state index contributed by atoms with van der Waals surface area (Å²) in [5.41, 5.74) is 28.3. The van der Waals surface area contributed by atoms with E-state index in [2.05, 4.69) is 0 Å². The molecule has 100 valence electrons. The Morgan fingerprint density at radius 3 is 2.16 bits per heavy atom. The smallest absolute Gasteiger partial charge is 0.0472 e. The summed E-state index contributed by atoms with van der Waals surface area (Å²) in [4.78, 5) is 0. The lowest BCUT2D eigenvalue weighted by Gasteiger charge is -2.15. The number of aliphatic hydroxyl groups excluding tert-OH is 1. The summed E-state index contributed by atoms with van der Waals surface area (Å²) in [6.07, 6.45) is 0.440. The maximum Gasteiger partial charge on any atom is 0.0472 e. The molecule has 0 aliphatic rings. The van der Waals surface area contributed by atoms with Gasteiger partial charge in [0.1, 0.15) is 0 Å². The van der Waals surface area contributed by atoms with Crippen molar-refractivity contribution in [2.75, 3.05) is 29.5 Å². The molecule has 19 heavy (non-hydrogen) atoms. The van der Waals surface area contributed by atoms with Crippen molar-refractivity contribution in [1.29, 1.82) is 0 Å². The normalized spacial score (nSPS) is 10.6. The molecule has 0 saturated heterocycles. The quantitative estimate of drug-likeness (QED) is 0.529. The highest BCUT2D eigenvalue weighted by Gasteiger charge is 2.12. The lowest BCUT2D eigenvalue weighted by molar-refractivity contribution is 0.300. The lowest BCUT2D eigenvalue weighted by atomic mass is 9.94. The number of aliphatic hydroxyl groups is 1. The van der Waals surface area contributed by atoms with Crippen LogP contribution in [-0.2, 0) is 6.42 Å². The van der Waals surface area contributed by atoms with Crippen LogP contribution in [-0.4, -0.2) is 11.7 Å². The Bertz CT molecular complexity index is 611. The van der Waals surface area contributed by atoms with Crippen molar-refractivity contribution in [3.8, 4) is 11.1 Å². The SMILES string of the molecule is Nc1ccc(N)c(-c2cc(N)cc(N)c2CCO)c1. The molecule has 5 nitrogen and oxygen atoms in total. The standard InChI is InChI=1S/C14H18N4O/c15-8-1-2-13(17)12(5-8)11-6-9(16)7-14(18)10(11)3-4-19/h1-2,5-7,19H,3-4,15-18H2. The first-order valence-corrected chi connectivity index (χ1v) is 5.97. The second-order valence-electron chi connectivity index (χ2n) is 4.46. The largest absolute Gasteiger partial charge is 0.399 e. The molecule has 0 atom stereocenters. The number of hydrogen-bond donors (Lipinski definition) is 5. The van der Waals surface area contributed by atoms with E-state index >= 15 is 0 Å². The van der Waals surface area contributed by atoms with Gasteiger partial charge in [-0.1, -0.05) is 0 Å². The Hall–Kier alpha value is -2.40. The van der Waals surface area contributed by atoms with E-state index in [1.807, 2.05) is 0 Å². The molecule has 0 heterocycles. The van der Waals surface area contributed by atoms with Gasteiger partial charge in [-0.3, -0.25) is 0 Å². The summed E-state index contributed by atoms with van der Waals surface area (Å²) < 4.78 is 0. The fraction of sp³-hybridized carbons (Fsp3) is 0.143. The Labute approximate surface area is 111 Å². The van der Waals surface area contributed by atoms with Crippen molar-refractivity contribution in [2.45, 2.75) is 6.42 Å². The Balaban J connectivity index is 2.69. The first-order chi connectivity index (χ1) is 9.02. The van der Waals surface area contributed by atoms with E-state index in [1.54, 1.807) is 30.3 Å². The molecule has 0 aliphatic heterocycles. The molecule has 0 saturated carbocycles. The molecule has 0 unspecified atom stereocenters. The predicted octanol–water partition coefficient (Wildman–Crippen LogP) is 1.22. The van der Waals surface area contributed by atoms with Gasteiger partial charge in [-0.25, -0.2) is 0 Å². The Morgan fingerprint density at radius 1 is 0.789 bits per heavy atom. The summed E-state index contributed by atoms with van der Waals surface area (Å²) in [5.74, 6) is 0. The van der Waals surface area contributed by atoms with Crippen molar-refractivity contribution in [3.05, 3.63) is 35.9 Å². The van der Waals surface area contributed by atoms with Gasteiger partial charge in [0.25, 0.3) is 0 Å². The number of anilines is 4. The molecule has 2 aromatic carbocycles. The molecule has 0 aliphatic carbocycles. The summed E-state index contributed by atoms with van der Waals surface area (Å²) in [6, 6.07) is 8.74. The molecule has 0 aromatic heterocycles. The van der Waals surface area contributed by atoms with Gasteiger partial charge in [0.2, 0.25) is 0 Å². The molecule has 9 N–H and O–H groups in total. The number of rotatable bonds is 3. The van der Waals surface area contributed by atoms with E-state index in [0.717, 1.165) is 16.7 Å². The third-order valence-electron chi connectivity index (χ3n) is 3.04. The molecule has 0 fully saturated rings. The fourth-order valence-corrected chi connectivity index (χ4v) is 2.16. The van der Waals surface area contributed by atoms with Gasteiger partial charge in [0, 0.05) is 34.9 Å². The third-order valence-corrected chi connectivity index (χ3v) is 3.04. The van der Waals surface area contributed by atoms with Crippen molar-refractivity contribution < 1.29 is 5.11 Å². The van der Waals surface area contributed by atoms with E-state index in [1.165, 1.54) is 0 Å². The first kappa shape index (κ1) is 13.0. The van der Waals surface area contributed by atoms with Crippen LogP contribution in [0.3, 0.4) is 0 Å². The van der Waals surface area contributed by atoms with Gasteiger partial charge in [-0.15, -0.1) is 0 Å². The van der Waals surface area contributed by atoms with Crippen LogP contribution in [0.2, 0.25) is 0 Å². The molecule has 0 spiro atoms. The van der Waals surface area contributed by atoms with Crippen LogP contribution >= 0.6 is 0 Å². The van der Waals surface area contributed by atoms with Crippen LogP contribution in [0.25, 0.3) is 11.1 Å². The monoisotopic (exact) mass is 258 g/mol.